The van der Waals surface area contributed by atoms with Gasteiger partial charge in [0.2, 0.25) is 5.91 Å². The quantitative estimate of drug-likeness (QED) is 0.895. The van der Waals surface area contributed by atoms with Gasteiger partial charge in [-0.05, 0) is 50.1 Å². The van der Waals surface area contributed by atoms with Gasteiger partial charge in [-0.3, -0.25) is 9.78 Å². The number of benzene rings is 1. The SMILES string of the molecule is CCOc1ccc2nc(C)cc(CCC(N)=O)c2c1. The number of nitrogens with zero attached hydrogens (tertiary/aromatic N) is 1. The number of ether oxygens (including phenoxy) is 1. The lowest BCUT2D eigenvalue weighted by molar-refractivity contribution is -0.117. The maximum atomic E-state index is 10.9. The molecule has 1 aromatic heterocycles. The molecule has 19 heavy (non-hydrogen) atoms. The molecule has 0 unspecified atom stereocenters. The van der Waals surface area contributed by atoms with Gasteiger partial charge >= 0.3 is 0 Å². The van der Waals surface area contributed by atoms with Crippen LogP contribution in [0.3, 0.4) is 0 Å². The van der Waals surface area contributed by atoms with Crippen molar-refractivity contribution in [2.75, 3.05) is 6.61 Å². The van der Waals surface area contributed by atoms with Crippen molar-refractivity contribution < 1.29 is 9.53 Å². The summed E-state index contributed by atoms with van der Waals surface area (Å²) in [5.74, 6) is 0.532. The number of amides is 1. The Bertz CT molecular complexity index is 608. The number of carbonyl (C=O) groups is 1. The minimum absolute atomic E-state index is 0.288. The Morgan fingerprint density at radius 3 is 2.84 bits per heavy atom. The molecule has 2 rings (SSSR count). The lowest BCUT2D eigenvalue weighted by Crippen LogP contribution is -2.11. The molecule has 0 bridgehead atoms. The number of rotatable bonds is 5. The molecule has 1 heterocycles. The number of fused-ring (bicyclic) bond motifs is 1. The molecule has 100 valence electrons. The second-order valence-electron chi connectivity index (χ2n) is 4.50. The van der Waals surface area contributed by atoms with Gasteiger partial charge in [-0.2, -0.15) is 0 Å². The molecule has 0 fully saturated rings. The van der Waals surface area contributed by atoms with Crippen LogP contribution in [0.4, 0.5) is 0 Å². The van der Waals surface area contributed by atoms with Crippen LogP contribution in [0.2, 0.25) is 0 Å². The summed E-state index contributed by atoms with van der Waals surface area (Å²) in [6.07, 6.45) is 0.974. The van der Waals surface area contributed by atoms with Crippen LogP contribution in [0.25, 0.3) is 10.9 Å². The third-order valence-electron chi connectivity index (χ3n) is 2.95. The van der Waals surface area contributed by atoms with Crippen molar-refractivity contribution in [3.63, 3.8) is 0 Å². The van der Waals surface area contributed by atoms with Crippen molar-refractivity contribution in [2.45, 2.75) is 26.7 Å². The molecule has 0 spiro atoms. The predicted octanol–water partition coefficient (Wildman–Crippen LogP) is 2.36. The highest BCUT2D eigenvalue weighted by molar-refractivity contribution is 5.84. The Hall–Kier alpha value is -2.10. The van der Waals surface area contributed by atoms with Crippen LogP contribution < -0.4 is 10.5 Å². The molecule has 2 aromatic rings. The van der Waals surface area contributed by atoms with Gasteiger partial charge in [-0.25, -0.2) is 0 Å². The number of aryl methyl sites for hydroxylation is 2. The van der Waals surface area contributed by atoms with E-state index >= 15 is 0 Å². The first kappa shape index (κ1) is 13.3. The van der Waals surface area contributed by atoms with Gasteiger partial charge in [0, 0.05) is 17.5 Å². The van der Waals surface area contributed by atoms with Gasteiger partial charge in [0.05, 0.1) is 12.1 Å². The maximum Gasteiger partial charge on any atom is 0.217 e. The average molecular weight is 258 g/mol. The Morgan fingerprint density at radius 1 is 1.37 bits per heavy atom. The fourth-order valence-electron chi connectivity index (χ4n) is 2.14. The van der Waals surface area contributed by atoms with E-state index in [0.29, 0.717) is 19.4 Å². The average Bonchev–Trinajstić information content (AvgIpc) is 2.36. The Labute approximate surface area is 112 Å². The highest BCUT2D eigenvalue weighted by atomic mass is 16.5. The maximum absolute atomic E-state index is 10.9. The Morgan fingerprint density at radius 2 is 2.16 bits per heavy atom. The van der Waals surface area contributed by atoms with E-state index in [1.165, 1.54) is 0 Å². The fourth-order valence-corrected chi connectivity index (χ4v) is 2.14. The van der Waals surface area contributed by atoms with E-state index in [1.807, 2.05) is 38.1 Å². The van der Waals surface area contributed by atoms with Crippen molar-refractivity contribution in [1.29, 1.82) is 0 Å². The van der Waals surface area contributed by atoms with E-state index in [4.69, 9.17) is 10.5 Å². The van der Waals surface area contributed by atoms with E-state index in [9.17, 15) is 4.79 Å². The summed E-state index contributed by atoms with van der Waals surface area (Å²) in [6, 6.07) is 7.83. The lowest BCUT2D eigenvalue weighted by Gasteiger charge is -2.09. The van der Waals surface area contributed by atoms with Crippen LogP contribution in [0.15, 0.2) is 24.3 Å². The van der Waals surface area contributed by atoms with Crippen molar-refractivity contribution in [2.24, 2.45) is 5.73 Å². The number of aromatic nitrogens is 1. The highest BCUT2D eigenvalue weighted by Gasteiger charge is 2.07. The summed E-state index contributed by atoms with van der Waals surface area (Å²) in [4.78, 5) is 15.4. The molecular formula is C15H18N2O2. The van der Waals surface area contributed by atoms with Crippen molar-refractivity contribution in [3.05, 3.63) is 35.5 Å². The standard InChI is InChI=1S/C15H18N2O2/c1-3-19-12-5-6-14-13(9-12)11(4-7-15(16)18)8-10(2)17-14/h5-6,8-9H,3-4,7H2,1-2H3,(H2,16,18). The second-order valence-corrected chi connectivity index (χ2v) is 4.50. The van der Waals surface area contributed by atoms with Crippen LogP contribution in [0, 0.1) is 6.92 Å². The van der Waals surface area contributed by atoms with E-state index < -0.39 is 0 Å². The molecule has 0 aliphatic rings. The summed E-state index contributed by atoms with van der Waals surface area (Å²) >= 11 is 0. The van der Waals surface area contributed by atoms with Crippen molar-refractivity contribution in [1.82, 2.24) is 4.98 Å². The van der Waals surface area contributed by atoms with Gasteiger partial charge < -0.3 is 10.5 Å². The van der Waals surface area contributed by atoms with E-state index in [2.05, 4.69) is 4.98 Å². The largest absolute Gasteiger partial charge is 0.494 e. The summed E-state index contributed by atoms with van der Waals surface area (Å²) in [6.45, 7) is 4.52. The van der Waals surface area contributed by atoms with Gasteiger partial charge in [-0.1, -0.05) is 0 Å². The number of primary amides is 1. The lowest BCUT2D eigenvalue weighted by atomic mass is 10.0. The molecule has 1 aromatic carbocycles. The number of carbonyl (C=O) groups excluding carboxylic acids is 1. The van der Waals surface area contributed by atoms with Gasteiger partial charge in [-0.15, -0.1) is 0 Å². The summed E-state index contributed by atoms with van der Waals surface area (Å²) < 4.78 is 5.51. The first-order valence-corrected chi connectivity index (χ1v) is 6.41. The molecule has 0 aliphatic heterocycles. The summed E-state index contributed by atoms with van der Waals surface area (Å²) in [7, 11) is 0. The third-order valence-corrected chi connectivity index (χ3v) is 2.95. The van der Waals surface area contributed by atoms with E-state index in [0.717, 1.165) is 27.9 Å². The zero-order valence-corrected chi connectivity index (χ0v) is 11.3. The third kappa shape index (κ3) is 3.22. The molecule has 2 N–H and O–H groups in total. The molecule has 0 atom stereocenters. The van der Waals surface area contributed by atoms with E-state index in [-0.39, 0.29) is 5.91 Å². The second kappa shape index (κ2) is 5.69. The minimum atomic E-state index is -0.288. The van der Waals surface area contributed by atoms with Crippen LogP contribution in [0.1, 0.15) is 24.6 Å². The number of pyridine rings is 1. The molecule has 4 nitrogen and oxygen atoms in total. The Kier molecular flexibility index (Phi) is 4.00. The topological polar surface area (TPSA) is 65.2 Å². The number of hydrogen-bond donors (Lipinski definition) is 1. The van der Waals surface area contributed by atoms with Gasteiger partial charge in [0.25, 0.3) is 0 Å². The molecule has 0 aliphatic carbocycles. The van der Waals surface area contributed by atoms with Gasteiger partial charge in [0.15, 0.2) is 0 Å². The summed E-state index contributed by atoms with van der Waals surface area (Å²) in [5, 5.41) is 1.03. The van der Waals surface area contributed by atoms with E-state index in [1.54, 1.807) is 0 Å². The molecule has 0 radical (unpaired) electrons. The van der Waals surface area contributed by atoms with Crippen LogP contribution >= 0.6 is 0 Å². The molecule has 4 heteroatoms. The zero-order valence-electron chi connectivity index (χ0n) is 11.3. The molecule has 1 amide bonds. The fraction of sp³-hybridized carbons (Fsp3) is 0.333. The Balaban J connectivity index is 2.46. The highest BCUT2D eigenvalue weighted by Crippen LogP contribution is 2.24. The number of nitrogens with two attached hydrogens (primary N) is 1. The van der Waals surface area contributed by atoms with Crippen LogP contribution in [-0.2, 0) is 11.2 Å². The van der Waals surface area contributed by atoms with Crippen LogP contribution in [0.5, 0.6) is 5.75 Å². The number of hydrogen-bond acceptors (Lipinski definition) is 3. The molecular weight excluding hydrogens is 240 g/mol. The smallest absolute Gasteiger partial charge is 0.217 e. The first-order valence-electron chi connectivity index (χ1n) is 6.41. The zero-order chi connectivity index (χ0) is 13.8. The van der Waals surface area contributed by atoms with Crippen LogP contribution in [-0.4, -0.2) is 17.5 Å². The molecule has 0 saturated heterocycles. The van der Waals surface area contributed by atoms with Crippen molar-refractivity contribution in [3.8, 4) is 5.75 Å². The van der Waals surface area contributed by atoms with Crippen molar-refractivity contribution >= 4 is 16.8 Å². The van der Waals surface area contributed by atoms with Gasteiger partial charge in [0.1, 0.15) is 5.75 Å². The molecule has 0 saturated carbocycles. The normalized spacial score (nSPS) is 10.6. The first-order chi connectivity index (χ1) is 9.10. The summed E-state index contributed by atoms with van der Waals surface area (Å²) in [5.41, 5.74) is 8.17. The predicted molar refractivity (Wildman–Crippen MR) is 75.2 cm³/mol. The minimum Gasteiger partial charge on any atom is -0.494 e. The monoisotopic (exact) mass is 258 g/mol.